The van der Waals surface area contributed by atoms with E-state index in [2.05, 4.69) is 5.11 Å². The number of nitrogens with zero attached hydrogens (tertiary/aromatic N) is 2. The fourth-order valence-corrected chi connectivity index (χ4v) is 1.87. The van der Waals surface area contributed by atoms with Gasteiger partial charge in [0.1, 0.15) is 10.0 Å². The van der Waals surface area contributed by atoms with Crippen molar-refractivity contribution in [3.05, 3.63) is 59.5 Å². The van der Waals surface area contributed by atoms with Crippen molar-refractivity contribution < 1.29 is 4.86 Å². The number of halogens is 2. The summed E-state index contributed by atoms with van der Waals surface area (Å²) in [5, 5.41) is 15.7. The molecule has 1 aliphatic carbocycles. The second kappa shape index (κ2) is 4.90. The van der Waals surface area contributed by atoms with E-state index in [0.717, 1.165) is 0 Å². The van der Waals surface area contributed by atoms with Gasteiger partial charge in [0.2, 0.25) is 5.70 Å². The van der Waals surface area contributed by atoms with E-state index in [4.69, 9.17) is 23.2 Å². The molecule has 0 N–H and O–H groups in total. The lowest BCUT2D eigenvalue weighted by atomic mass is 10.1. The van der Waals surface area contributed by atoms with E-state index < -0.39 is 4.33 Å². The molecule has 2 rings (SSSR count). The van der Waals surface area contributed by atoms with E-state index in [1.807, 2.05) is 18.2 Å². The van der Waals surface area contributed by atoms with Gasteiger partial charge in [0.05, 0.1) is 6.42 Å². The van der Waals surface area contributed by atoms with Crippen molar-refractivity contribution in [3.63, 3.8) is 0 Å². The molecule has 0 bridgehead atoms. The Labute approximate surface area is 109 Å². The normalized spacial score (nSPS) is 18.9. The molecule has 3 nitrogen and oxygen atoms in total. The van der Waals surface area contributed by atoms with Crippen LogP contribution >= 0.6 is 23.2 Å². The molecule has 0 atom stereocenters. The van der Waals surface area contributed by atoms with Gasteiger partial charge in [0, 0.05) is 11.2 Å². The Bertz CT molecular complexity index is 492. The molecule has 0 saturated heterocycles. The first-order valence-corrected chi connectivity index (χ1v) is 5.83. The Hall–Kier alpha value is -1.32. The summed E-state index contributed by atoms with van der Waals surface area (Å²) in [6.07, 6.45) is 5.19. The average Bonchev–Trinajstić information content (AvgIpc) is 2.29. The van der Waals surface area contributed by atoms with Crippen molar-refractivity contribution in [3.8, 4) is 0 Å². The predicted molar refractivity (Wildman–Crippen MR) is 68.4 cm³/mol. The summed E-state index contributed by atoms with van der Waals surface area (Å²) < 4.78 is -1.03. The Kier molecular flexibility index (Phi) is 3.50. The molecule has 0 spiro atoms. The van der Waals surface area contributed by atoms with Gasteiger partial charge in [-0.3, -0.25) is 0 Å². The standard InChI is InChI=1S/C12H10Cl2N2O/c13-12(14)8-4-7-11(9-12)16(17)15-10-5-2-1-3-6-10/h1-8H,9H2. The molecule has 0 heterocycles. The topological polar surface area (TPSA) is 38.4 Å². The molecule has 0 amide bonds. The zero-order chi connectivity index (χ0) is 12.3. The predicted octanol–water partition coefficient (Wildman–Crippen LogP) is 4.30. The largest absolute Gasteiger partial charge is 0.594 e. The van der Waals surface area contributed by atoms with Gasteiger partial charge in [-0.15, -0.1) is 0 Å². The van der Waals surface area contributed by atoms with E-state index >= 15 is 0 Å². The smallest absolute Gasteiger partial charge is 0.225 e. The molecular formula is C12H10Cl2N2O. The average molecular weight is 269 g/mol. The number of allylic oxidation sites excluding steroid dienone is 4. The summed E-state index contributed by atoms with van der Waals surface area (Å²) in [6, 6.07) is 8.99. The molecule has 1 aromatic carbocycles. The number of azo groups is 1. The third-order valence-corrected chi connectivity index (χ3v) is 2.77. The molecule has 0 unspecified atom stereocenters. The number of hydroxylamine groups is 1. The van der Waals surface area contributed by atoms with Gasteiger partial charge in [0.25, 0.3) is 0 Å². The molecular weight excluding hydrogens is 259 g/mol. The monoisotopic (exact) mass is 268 g/mol. The highest BCUT2D eigenvalue weighted by Crippen LogP contribution is 2.34. The molecule has 0 fully saturated rings. The second-order valence-electron chi connectivity index (χ2n) is 3.66. The maximum absolute atomic E-state index is 11.8. The zero-order valence-corrected chi connectivity index (χ0v) is 10.4. The summed E-state index contributed by atoms with van der Waals surface area (Å²) in [5.41, 5.74) is 1.02. The lowest BCUT2D eigenvalue weighted by Crippen LogP contribution is -2.16. The molecule has 0 aromatic heterocycles. The highest BCUT2D eigenvalue weighted by Gasteiger charge is 2.29. The highest BCUT2D eigenvalue weighted by molar-refractivity contribution is 6.50. The highest BCUT2D eigenvalue weighted by atomic mass is 35.5. The number of benzene rings is 1. The third kappa shape index (κ3) is 3.32. The first-order valence-electron chi connectivity index (χ1n) is 5.07. The molecule has 0 aliphatic heterocycles. The fourth-order valence-electron chi connectivity index (χ4n) is 1.45. The van der Waals surface area contributed by atoms with Crippen molar-refractivity contribution in [1.29, 1.82) is 0 Å². The SMILES string of the molecule is [O-][N+](=Nc1ccccc1)C1=CC=CC(Cl)(Cl)C1. The van der Waals surface area contributed by atoms with Gasteiger partial charge >= 0.3 is 0 Å². The van der Waals surface area contributed by atoms with Crippen LogP contribution in [-0.2, 0) is 0 Å². The van der Waals surface area contributed by atoms with E-state index in [1.165, 1.54) is 0 Å². The Morgan fingerprint density at radius 2 is 1.94 bits per heavy atom. The molecule has 17 heavy (non-hydrogen) atoms. The molecule has 0 saturated carbocycles. The van der Waals surface area contributed by atoms with Gasteiger partial charge in [-0.2, -0.15) is 0 Å². The Balaban J connectivity index is 2.22. The van der Waals surface area contributed by atoms with E-state index in [0.29, 0.717) is 16.2 Å². The number of hydrogen-bond acceptors (Lipinski definition) is 2. The summed E-state index contributed by atoms with van der Waals surface area (Å²) >= 11 is 11.9. The van der Waals surface area contributed by atoms with E-state index in [-0.39, 0.29) is 6.42 Å². The Morgan fingerprint density at radius 3 is 2.59 bits per heavy atom. The number of rotatable bonds is 2. The summed E-state index contributed by atoms with van der Waals surface area (Å²) in [5.74, 6) is 0. The van der Waals surface area contributed by atoms with Crippen LogP contribution in [0, 0.1) is 5.21 Å². The number of alkyl halides is 2. The van der Waals surface area contributed by atoms with Crippen molar-refractivity contribution >= 4 is 28.9 Å². The lowest BCUT2D eigenvalue weighted by molar-refractivity contribution is -0.475. The second-order valence-corrected chi connectivity index (χ2v) is 5.21. The molecule has 1 aromatic rings. The van der Waals surface area contributed by atoms with Crippen LogP contribution in [0.25, 0.3) is 0 Å². The van der Waals surface area contributed by atoms with Gasteiger partial charge in [-0.05, 0) is 18.2 Å². The molecule has 1 aliphatic rings. The van der Waals surface area contributed by atoms with Gasteiger partial charge < -0.3 is 5.21 Å². The van der Waals surface area contributed by atoms with Crippen LogP contribution in [0.2, 0.25) is 0 Å². The summed E-state index contributed by atoms with van der Waals surface area (Å²) in [6.45, 7) is 0. The van der Waals surface area contributed by atoms with E-state index in [9.17, 15) is 5.21 Å². The van der Waals surface area contributed by atoms with E-state index in [1.54, 1.807) is 30.4 Å². The minimum absolute atomic E-state index is 0.243. The first kappa shape index (κ1) is 12.1. The van der Waals surface area contributed by atoms with Crippen LogP contribution in [0.1, 0.15) is 6.42 Å². The van der Waals surface area contributed by atoms with Crippen molar-refractivity contribution in [1.82, 2.24) is 0 Å². The zero-order valence-electron chi connectivity index (χ0n) is 8.88. The molecule has 88 valence electrons. The Morgan fingerprint density at radius 1 is 1.24 bits per heavy atom. The maximum Gasteiger partial charge on any atom is 0.225 e. The van der Waals surface area contributed by atoms with Crippen LogP contribution < -0.4 is 0 Å². The van der Waals surface area contributed by atoms with Crippen LogP contribution in [0.3, 0.4) is 0 Å². The number of hydrogen-bond donors (Lipinski definition) is 0. The van der Waals surface area contributed by atoms with Crippen LogP contribution in [-0.4, -0.2) is 9.19 Å². The summed E-state index contributed by atoms with van der Waals surface area (Å²) in [4.78, 5) is 0.554. The van der Waals surface area contributed by atoms with Gasteiger partial charge in [-0.25, -0.2) is 0 Å². The van der Waals surface area contributed by atoms with Crippen LogP contribution in [0.4, 0.5) is 5.69 Å². The van der Waals surface area contributed by atoms with Crippen molar-refractivity contribution in [2.45, 2.75) is 10.8 Å². The van der Waals surface area contributed by atoms with Gasteiger partial charge in [-0.1, -0.05) is 52.3 Å². The summed E-state index contributed by atoms with van der Waals surface area (Å²) in [7, 11) is 0. The third-order valence-electron chi connectivity index (χ3n) is 2.25. The quantitative estimate of drug-likeness (QED) is 0.341. The molecule has 5 heteroatoms. The van der Waals surface area contributed by atoms with Crippen LogP contribution in [0.5, 0.6) is 0 Å². The maximum atomic E-state index is 11.8. The minimum atomic E-state index is -1.03. The molecule has 0 radical (unpaired) electrons. The minimum Gasteiger partial charge on any atom is -0.594 e. The first-order chi connectivity index (χ1) is 8.07. The van der Waals surface area contributed by atoms with Crippen LogP contribution in [0.15, 0.2) is 59.4 Å². The van der Waals surface area contributed by atoms with Crippen molar-refractivity contribution in [2.75, 3.05) is 0 Å². The van der Waals surface area contributed by atoms with Gasteiger partial charge in [0.15, 0.2) is 0 Å². The lowest BCUT2D eigenvalue weighted by Gasteiger charge is -2.17. The van der Waals surface area contributed by atoms with Crippen molar-refractivity contribution in [2.24, 2.45) is 5.11 Å². The fraction of sp³-hybridized carbons (Fsp3) is 0.167.